The first-order chi connectivity index (χ1) is 23.6. The molecule has 0 bridgehead atoms. The number of nitrogens with two attached hydrogens (primary N) is 1. The van der Waals surface area contributed by atoms with Crippen LogP contribution in [0.1, 0.15) is 24.0 Å². The minimum Gasteiger partial charge on any atom is -0.385 e. The number of nitrogens with zero attached hydrogens (tertiary/aromatic N) is 1. The number of fused-ring (bicyclic) bond motifs is 7. The van der Waals surface area contributed by atoms with Crippen LogP contribution in [-0.2, 0) is 4.57 Å². The zero-order valence-corrected chi connectivity index (χ0v) is 27.6. The molecule has 0 fully saturated rings. The third kappa shape index (κ3) is 4.87. The maximum atomic E-state index is 15.8. The van der Waals surface area contributed by atoms with Crippen molar-refractivity contribution in [3.63, 3.8) is 0 Å². The summed E-state index contributed by atoms with van der Waals surface area (Å²) in [6.45, 7) is 2.22. The smallest absolute Gasteiger partial charge is 0.172 e. The molecule has 1 aliphatic heterocycles. The summed E-state index contributed by atoms with van der Waals surface area (Å²) >= 11 is 0. The second-order valence-corrected chi connectivity index (χ2v) is 15.0. The van der Waals surface area contributed by atoms with E-state index in [1.165, 1.54) is 5.56 Å². The lowest BCUT2D eigenvalue weighted by molar-refractivity contribution is 0.592. The van der Waals surface area contributed by atoms with Gasteiger partial charge >= 0.3 is 0 Å². The van der Waals surface area contributed by atoms with Crippen molar-refractivity contribution in [1.29, 1.82) is 0 Å². The van der Waals surface area contributed by atoms with Gasteiger partial charge in [0.05, 0.1) is 11.2 Å². The Kier molecular flexibility index (Phi) is 7.56. The van der Waals surface area contributed by atoms with Gasteiger partial charge in [-0.2, -0.15) is 0 Å². The molecule has 1 aliphatic rings. The molecule has 6 aromatic carbocycles. The Morgan fingerprint density at radius 1 is 0.646 bits per heavy atom. The van der Waals surface area contributed by atoms with Gasteiger partial charge in [-0.15, -0.1) is 0 Å². The van der Waals surface area contributed by atoms with Crippen molar-refractivity contribution in [1.82, 2.24) is 4.57 Å². The number of hydrogen-bond acceptors (Lipinski definition) is 2. The number of hydrogen-bond donors (Lipinski definition) is 1. The van der Waals surface area contributed by atoms with Gasteiger partial charge < -0.3 is 10.3 Å². The van der Waals surface area contributed by atoms with E-state index < -0.39 is 7.14 Å². The summed E-state index contributed by atoms with van der Waals surface area (Å²) in [5.74, 6) is 0.750. The standard InChI is InChI=1S/C44H35N2OP/c1-31(32-17-5-2-6-18-32)29-34(33-19-7-3-8-20-33)30-42(45)46-39-26-14-11-23-36(39)43-37-24-12-15-27-40(37)48(47,35-21-9-4-10-22-35)41-28-16-13-25-38(41)44(43)46/h2-31H,45H2,1H3/b34-29+,42-30+. The molecule has 0 spiro atoms. The lowest BCUT2D eigenvalue weighted by Gasteiger charge is -2.22. The van der Waals surface area contributed by atoms with Gasteiger partial charge in [-0.3, -0.25) is 4.57 Å². The average molecular weight is 639 g/mol. The Labute approximate surface area is 281 Å². The molecule has 1 aromatic heterocycles. The van der Waals surface area contributed by atoms with Gasteiger partial charge in [0.25, 0.3) is 0 Å². The van der Waals surface area contributed by atoms with Crippen molar-refractivity contribution in [2.24, 2.45) is 5.73 Å². The van der Waals surface area contributed by atoms with Gasteiger partial charge in [-0.25, -0.2) is 0 Å². The maximum Gasteiger partial charge on any atom is 0.172 e. The second kappa shape index (κ2) is 12.2. The minimum atomic E-state index is -3.28. The van der Waals surface area contributed by atoms with Gasteiger partial charge in [-0.05, 0) is 40.3 Å². The Hall–Kier alpha value is -5.63. The van der Waals surface area contributed by atoms with Crippen LogP contribution in [0.25, 0.3) is 44.7 Å². The molecule has 7 aromatic rings. The first-order valence-electron chi connectivity index (χ1n) is 16.3. The summed E-state index contributed by atoms with van der Waals surface area (Å²) in [5.41, 5.74) is 15.5. The van der Waals surface area contributed by atoms with E-state index >= 15 is 4.57 Å². The number of benzene rings is 6. The van der Waals surface area contributed by atoms with Gasteiger partial charge in [-0.1, -0.05) is 171 Å². The third-order valence-corrected chi connectivity index (χ3v) is 12.6. The van der Waals surface area contributed by atoms with E-state index in [9.17, 15) is 0 Å². The predicted octanol–water partition coefficient (Wildman–Crippen LogP) is 9.57. The molecular formula is C44H35N2OP. The molecule has 2 heterocycles. The van der Waals surface area contributed by atoms with Crippen LogP contribution >= 0.6 is 7.14 Å². The zero-order valence-electron chi connectivity index (χ0n) is 26.7. The summed E-state index contributed by atoms with van der Waals surface area (Å²) in [7, 11) is -3.28. The van der Waals surface area contributed by atoms with Gasteiger partial charge in [0.2, 0.25) is 0 Å². The van der Waals surface area contributed by atoms with Gasteiger partial charge in [0.15, 0.2) is 7.14 Å². The van der Waals surface area contributed by atoms with Crippen LogP contribution in [0.4, 0.5) is 0 Å². The average Bonchev–Trinajstić information content (AvgIpc) is 3.46. The van der Waals surface area contributed by atoms with Crippen molar-refractivity contribution in [3.8, 4) is 22.4 Å². The van der Waals surface area contributed by atoms with E-state index in [1.807, 2.05) is 78.9 Å². The van der Waals surface area contributed by atoms with Crippen molar-refractivity contribution >= 4 is 45.4 Å². The van der Waals surface area contributed by atoms with E-state index in [2.05, 4.69) is 109 Å². The molecule has 0 aliphatic carbocycles. The molecule has 0 saturated heterocycles. The van der Waals surface area contributed by atoms with Crippen molar-refractivity contribution < 1.29 is 4.57 Å². The molecule has 48 heavy (non-hydrogen) atoms. The summed E-state index contributed by atoms with van der Waals surface area (Å²) in [6.07, 6.45) is 4.38. The molecule has 0 saturated carbocycles. The van der Waals surface area contributed by atoms with Crippen LogP contribution in [0, 0.1) is 0 Å². The van der Waals surface area contributed by atoms with Crippen LogP contribution in [0.2, 0.25) is 0 Å². The fourth-order valence-electron chi connectivity index (χ4n) is 7.19. The molecule has 2 atom stereocenters. The SMILES string of the molecule is CC(/C=C(\C=C(/N)n1c2c(c3ccccc31)-c1ccccc1P(=O)(c1ccccc1)c1ccccc1-2)c1ccccc1)c1ccccc1. The summed E-state index contributed by atoms with van der Waals surface area (Å²) in [5, 5.41) is 3.54. The first kappa shape index (κ1) is 29.8. The quantitative estimate of drug-likeness (QED) is 0.146. The maximum absolute atomic E-state index is 15.8. The highest BCUT2D eigenvalue weighted by Gasteiger charge is 2.39. The fourth-order valence-corrected chi connectivity index (χ4v) is 10.2. The lowest BCUT2D eigenvalue weighted by atomic mass is 9.95. The van der Waals surface area contributed by atoms with E-state index in [4.69, 9.17) is 5.73 Å². The van der Waals surface area contributed by atoms with E-state index in [0.29, 0.717) is 5.82 Å². The van der Waals surface area contributed by atoms with Crippen LogP contribution in [0.3, 0.4) is 0 Å². The lowest BCUT2D eigenvalue weighted by Crippen LogP contribution is -2.26. The normalized spacial score (nSPS) is 16.4. The Morgan fingerprint density at radius 3 is 1.90 bits per heavy atom. The van der Waals surface area contributed by atoms with Crippen LogP contribution < -0.4 is 21.6 Å². The molecule has 4 heteroatoms. The summed E-state index contributed by atoms with van der Waals surface area (Å²) < 4.78 is 18.0. The molecular weight excluding hydrogens is 603 g/mol. The zero-order chi connectivity index (χ0) is 32.7. The summed E-state index contributed by atoms with van der Waals surface area (Å²) in [6, 6.07) is 55.6. The highest BCUT2D eigenvalue weighted by atomic mass is 31.2. The summed E-state index contributed by atoms with van der Waals surface area (Å²) in [4.78, 5) is 0. The number of allylic oxidation sites excluding steroid dienone is 3. The van der Waals surface area contributed by atoms with Crippen molar-refractivity contribution in [3.05, 3.63) is 187 Å². The van der Waals surface area contributed by atoms with Crippen molar-refractivity contribution in [2.75, 3.05) is 0 Å². The number of aromatic nitrogens is 1. The van der Waals surface area contributed by atoms with Gasteiger partial charge in [0, 0.05) is 32.4 Å². The number of para-hydroxylation sites is 1. The third-order valence-electron chi connectivity index (χ3n) is 9.43. The largest absolute Gasteiger partial charge is 0.385 e. The van der Waals surface area contributed by atoms with E-state index in [1.54, 1.807) is 0 Å². The first-order valence-corrected chi connectivity index (χ1v) is 18.0. The topological polar surface area (TPSA) is 48.0 Å². The van der Waals surface area contributed by atoms with E-state index in [-0.39, 0.29) is 5.92 Å². The molecule has 0 radical (unpaired) electrons. The fraction of sp³-hybridized carbons (Fsp3) is 0.0455. The highest BCUT2D eigenvalue weighted by molar-refractivity contribution is 7.85. The Balaban J connectivity index is 1.44. The van der Waals surface area contributed by atoms with E-state index in [0.717, 1.165) is 60.3 Å². The highest BCUT2D eigenvalue weighted by Crippen LogP contribution is 2.54. The number of rotatable bonds is 6. The molecule has 2 unspecified atom stereocenters. The van der Waals surface area contributed by atoms with Crippen LogP contribution in [0.5, 0.6) is 0 Å². The van der Waals surface area contributed by atoms with Gasteiger partial charge in [0.1, 0.15) is 5.82 Å². The predicted molar refractivity (Wildman–Crippen MR) is 203 cm³/mol. The monoisotopic (exact) mass is 638 g/mol. The Bertz CT molecular complexity index is 2390. The van der Waals surface area contributed by atoms with Crippen LogP contribution in [-0.4, -0.2) is 4.57 Å². The molecule has 8 rings (SSSR count). The molecule has 232 valence electrons. The second-order valence-electron chi connectivity index (χ2n) is 12.3. The Morgan fingerprint density at radius 2 is 1.19 bits per heavy atom. The minimum absolute atomic E-state index is 0.160. The van der Waals surface area contributed by atoms with Crippen molar-refractivity contribution in [2.45, 2.75) is 12.8 Å². The molecule has 3 nitrogen and oxygen atoms in total. The molecule has 2 N–H and O–H groups in total. The molecule has 0 amide bonds. The van der Waals surface area contributed by atoms with Crippen LogP contribution in [0.15, 0.2) is 176 Å².